The fourth-order valence-electron chi connectivity index (χ4n) is 2.20. The van der Waals surface area contributed by atoms with Crippen molar-refractivity contribution in [2.75, 3.05) is 10.7 Å². The van der Waals surface area contributed by atoms with Crippen LogP contribution in [0.5, 0.6) is 0 Å². The van der Waals surface area contributed by atoms with Crippen molar-refractivity contribution in [3.05, 3.63) is 51.0 Å². The van der Waals surface area contributed by atoms with Gasteiger partial charge in [-0.3, -0.25) is 0 Å². The Morgan fingerprint density at radius 3 is 2.10 bits per heavy atom. The van der Waals surface area contributed by atoms with Crippen molar-refractivity contribution in [1.82, 2.24) is 4.98 Å². The van der Waals surface area contributed by atoms with E-state index in [1.807, 2.05) is 11.3 Å². The van der Waals surface area contributed by atoms with Crippen LogP contribution in [0.15, 0.2) is 24.3 Å². The molecule has 0 aliphatic carbocycles. The third kappa shape index (κ3) is 3.34. The molecule has 0 spiro atoms. The topological polar surface area (TPSA) is 12.9 Å². The van der Waals surface area contributed by atoms with Crippen molar-refractivity contribution in [3.8, 4) is 0 Å². The standard InChI is InChI=1S/C16H19Br2NS/c1-11-4-6-14(7-5-11)16(9-17,10-18)8-15-19-12(2)13(3)20-15/h4-7H,8-10H2,1-3H3. The zero-order valence-corrected chi connectivity index (χ0v) is 16.0. The fraction of sp³-hybridized carbons (Fsp3) is 0.438. The first-order valence-corrected chi connectivity index (χ1v) is 9.68. The number of nitrogens with zero attached hydrogens (tertiary/aromatic N) is 1. The number of hydrogen-bond donors (Lipinski definition) is 0. The molecule has 108 valence electrons. The summed E-state index contributed by atoms with van der Waals surface area (Å²) >= 11 is 9.25. The van der Waals surface area contributed by atoms with Crippen molar-refractivity contribution >= 4 is 43.2 Å². The summed E-state index contributed by atoms with van der Waals surface area (Å²) in [7, 11) is 0. The molecule has 1 aromatic heterocycles. The van der Waals surface area contributed by atoms with Crippen LogP contribution in [0.2, 0.25) is 0 Å². The van der Waals surface area contributed by atoms with Crippen LogP contribution in [-0.2, 0) is 11.8 Å². The molecule has 0 bridgehead atoms. The molecule has 1 nitrogen and oxygen atoms in total. The van der Waals surface area contributed by atoms with Crippen LogP contribution in [0.3, 0.4) is 0 Å². The zero-order valence-electron chi connectivity index (χ0n) is 12.0. The van der Waals surface area contributed by atoms with Crippen LogP contribution >= 0.6 is 43.2 Å². The largest absolute Gasteiger partial charge is 0.246 e. The number of hydrogen-bond acceptors (Lipinski definition) is 2. The Hall–Kier alpha value is -0.190. The van der Waals surface area contributed by atoms with E-state index in [0.717, 1.165) is 22.8 Å². The lowest BCUT2D eigenvalue weighted by molar-refractivity contribution is 0.549. The minimum Gasteiger partial charge on any atom is -0.246 e. The summed E-state index contributed by atoms with van der Waals surface area (Å²) in [6.07, 6.45) is 0.964. The molecule has 0 amide bonds. The van der Waals surface area contributed by atoms with E-state index in [-0.39, 0.29) is 5.41 Å². The molecule has 0 N–H and O–H groups in total. The highest BCUT2D eigenvalue weighted by molar-refractivity contribution is 9.09. The van der Waals surface area contributed by atoms with Gasteiger partial charge in [-0.05, 0) is 26.3 Å². The second-order valence-electron chi connectivity index (χ2n) is 5.34. The molecule has 0 atom stereocenters. The number of aromatic nitrogens is 1. The molecule has 0 radical (unpaired) electrons. The van der Waals surface area contributed by atoms with Crippen LogP contribution in [0.4, 0.5) is 0 Å². The Morgan fingerprint density at radius 1 is 1.05 bits per heavy atom. The predicted molar refractivity (Wildman–Crippen MR) is 95.7 cm³/mol. The highest BCUT2D eigenvalue weighted by Gasteiger charge is 2.31. The normalized spacial score (nSPS) is 11.8. The summed E-state index contributed by atoms with van der Waals surface area (Å²) in [4.78, 5) is 6.03. The van der Waals surface area contributed by atoms with E-state index < -0.39 is 0 Å². The highest BCUT2D eigenvalue weighted by Crippen LogP contribution is 2.34. The molecule has 2 aromatic rings. The maximum Gasteiger partial charge on any atom is 0.0940 e. The SMILES string of the molecule is Cc1ccc(C(CBr)(CBr)Cc2nc(C)c(C)s2)cc1. The van der Waals surface area contributed by atoms with E-state index >= 15 is 0 Å². The van der Waals surface area contributed by atoms with Crippen LogP contribution in [0.1, 0.15) is 26.7 Å². The Bertz CT molecular complexity index is 551. The predicted octanol–water partition coefficient (Wildman–Crippen LogP) is 5.34. The first kappa shape index (κ1) is 16.2. The molecule has 0 saturated heterocycles. The molecule has 0 fully saturated rings. The van der Waals surface area contributed by atoms with E-state index in [9.17, 15) is 0 Å². The van der Waals surface area contributed by atoms with Crippen molar-refractivity contribution < 1.29 is 0 Å². The van der Waals surface area contributed by atoms with Crippen LogP contribution < -0.4 is 0 Å². The molecule has 1 aromatic carbocycles. The van der Waals surface area contributed by atoms with Crippen molar-refractivity contribution in [1.29, 1.82) is 0 Å². The third-order valence-electron chi connectivity index (χ3n) is 3.74. The summed E-state index contributed by atoms with van der Waals surface area (Å²) in [6.45, 7) is 6.36. The molecule has 20 heavy (non-hydrogen) atoms. The number of benzene rings is 1. The van der Waals surface area contributed by atoms with E-state index in [1.54, 1.807) is 0 Å². The zero-order chi connectivity index (χ0) is 14.8. The Kier molecular flexibility index (Phi) is 5.43. The molecule has 4 heteroatoms. The van der Waals surface area contributed by atoms with Gasteiger partial charge in [0.25, 0.3) is 0 Å². The van der Waals surface area contributed by atoms with Crippen LogP contribution in [0, 0.1) is 20.8 Å². The van der Waals surface area contributed by atoms with E-state index in [1.165, 1.54) is 21.0 Å². The summed E-state index contributed by atoms with van der Waals surface area (Å²) in [6, 6.07) is 8.86. The molecule has 0 saturated carbocycles. The maximum absolute atomic E-state index is 4.71. The molecule has 2 rings (SSSR count). The Morgan fingerprint density at radius 2 is 1.65 bits per heavy atom. The minimum absolute atomic E-state index is 0.0600. The van der Waals surface area contributed by atoms with Crippen molar-refractivity contribution in [3.63, 3.8) is 0 Å². The quantitative estimate of drug-likeness (QED) is 0.599. The van der Waals surface area contributed by atoms with Crippen LogP contribution in [-0.4, -0.2) is 15.6 Å². The van der Waals surface area contributed by atoms with Crippen molar-refractivity contribution in [2.45, 2.75) is 32.6 Å². The lowest BCUT2D eigenvalue weighted by atomic mass is 9.81. The average molecular weight is 417 g/mol. The van der Waals surface area contributed by atoms with Crippen molar-refractivity contribution in [2.24, 2.45) is 0 Å². The van der Waals surface area contributed by atoms with Gasteiger partial charge in [0.1, 0.15) is 0 Å². The first-order valence-electron chi connectivity index (χ1n) is 6.63. The lowest BCUT2D eigenvalue weighted by Gasteiger charge is -2.30. The van der Waals surface area contributed by atoms with Gasteiger partial charge < -0.3 is 0 Å². The third-order valence-corrected chi connectivity index (χ3v) is 6.96. The van der Waals surface area contributed by atoms with Gasteiger partial charge >= 0.3 is 0 Å². The summed E-state index contributed by atoms with van der Waals surface area (Å²) in [5.74, 6) is 0. The molecule has 0 aliphatic heterocycles. The van der Waals surface area contributed by atoms with E-state index in [0.29, 0.717) is 0 Å². The summed E-state index contributed by atoms with van der Waals surface area (Å²) in [5, 5.41) is 3.07. The number of aryl methyl sites for hydroxylation is 3. The van der Waals surface area contributed by atoms with Gasteiger partial charge in [-0.15, -0.1) is 11.3 Å². The average Bonchev–Trinajstić information content (AvgIpc) is 2.76. The lowest BCUT2D eigenvalue weighted by Crippen LogP contribution is -2.33. The van der Waals surface area contributed by atoms with Gasteiger partial charge in [-0.2, -0.15) is 0 Å². The molecule has 0 unspecified atom stereocenters. The highest BCUT2D eigenvalue weighted by atomic mass is 79.9. The Labute approximate surface area is 142 Å². The molecular weight excluding hydrogens is 398 g/mol. The van der Waals surface area contributed by atoms with Gasteiger partial charge in [0.15, 0.2) is 0 Å². The van der Waals surface area contributed by atoms with Gasteiger partial charge in [-0.1, -0.05) is 61.7 Å². The van der Waals surface area contributed by atoms with Crippen LogP contribution in [0.25, 0.3) is 0 Å². The molecule has 0 aliphatic rings. The van der Waals surface area contributed by atoms with Gasteiger partial charge in [0.2, 0.25) is 0 Å². The van der Waals surface area contributed by atoms with Gasteiger partial charge in [-0.25, -0.2) is 4.98 Å². The minimum atomic E-state index is 0.0600. The van der Waals surface area contributed by atoms with Gasteiger partial charge in [0.05, 0.1) is 10.7 Å². The number of thiazole rings is 1. The summed E-state index contributed by atoms with van der Waals surface area (Å²) in [5.41, 5.74) is 3.88. The second kappa shape index (κ2) is 6.71. The van der Waals surface area contributed by atoms with E-state index in [4.69, 9.17) is 4.98 Å². The number of alkyl halides is 2. The second-order valence-corrected chi connectivity index (χ2v) is 7.75. The monoisotopic (exact) mass is 415 g/mol. The smallest absolute Gasteiger partial charge is 0.0940 e. The van der Waals surface area contributed by atoms with E-state index in [2.05, 4.69) is 76.9 Å². The number of rotatable bonds is 5. The molecular formula is C16H19Br2NS. The first-order chi connectivity index (χ1) is 9.50. The summed E-state index contributed by atoms with van der Waals surface area (Å²) < 4.78 is 0. The fourth-order valence-corrected chi connectivity index (χ4v) is 5.25. The maximum atomic E-state index is 4.71. The van der Waals surface area contributed by atoms with Gasteiger partial charge in [0, 0.05) is 27.4 Å². The number of halogens is 2. The molecule has 1 heterocycles. The Balaban J connectivity index is 2.36.